The fourth-order valence-electron chi connectivity index (χ4n) is 2.45. The quantitative estimate of drug-likeness (QED) is 0.461. The van der Waals surface area contributed by atoms with E-state index in [0.717, 1.165) is 17.5 Å². The first-order valence-corrected chi connectivity index (χ1v) is 8.66. The number of hydrogen-bond acceptors (Lipinski definition) is 8. The van der Waals surface area contributed by atoms with Gasteiger partial charge in [0, 0.05) is 11.2 Å². The van der Waals surface area contributed by atoms with Crippen LogP contribution in [0.25, 0.3) is 0 Å². The van der Waals surface area contributed by atoms with E-state index in [4.69, 9.17) is 16.3 Å². The van der Waals surface area contributed by atoms with Gasteiger partial charge in [0.05, 0.1) is 4.92 Å². The monoisotopic (exact) mass is 414 g/mol. The largest absolute Gasteiger partial charge is 0.434 e. The molecule has 0 bridgehead atoms. The molecule has 11 heteroatoms. The molecule has 0 fully saturated rings. The summed E-state index contributed by atoms with van der Waals surface area (Å²) in [5.41, 5.74) is 5.81. The number of anilines is 1. The van der Waals surface area contributed by atoms with Gasteiger partial charge in [0.2, 0.25) is 5.82 Å². The third-order valence-electron chi connectivity index (χ3n) is 3.79. The number of nitrogens with zero attached hydrogens (tertiary/aromatic N) is 4. The van der Waals surface area contributed by atoms with Gasteiger partial charge in [0.15, 0.2) is 0 Å². The Morgan fingerprint density at radius 1 is 1.17 bits per heavy atom. The van der Waals surface area contributed by atoms with E-state index in [2.05, 4.69) is 25.8 Å². The predicted molar refractivity (Wildman–Crippen MR) is 105 cm³/mol. The molecule has 10 nitrogen and oxygen atoms in total. The van der Waals surface area contributed by atoms with E-state index in [9.17, 15) is 14.9 Å². The summed E-state index contributed by atoms with van der Waals surface area (Å²) in [7, 11) is 0. The Labute approximate surface area is 170 Å². The minimum atomic E-state index is -0.708. The number of nitro groups is 1. The molecule has 0 unspecified atom stereocenters. The molecule has 0 aliphatic rings. The molecule has 0 saturated carbocycles. The topological polar surface area (TPSA) is 132 Å². The zero-order valence-corrected chi connectivity index (χ0v) is 16.1. The molecule has 2 N–H and O–H groups in total. The number of hydrogen-bond donors (Lipinski definition) is 2. The lowest BCUT2D eigenvalue weighted by atomic mass is 10.1. The van der Waals surface area contributed by atoms with Crippen molar-refractivity contribution in [3.05, 3.63) is 74.8 Å². The summed E-state index contributed by atoms with van der Waals surface area (Å²) < 4.78 is 5.60. The minimum absolute atomic E-state index is 0.125. The van der Waals surface area contributed by atoms with Crippen LogP contribution in [-0.4, -0.2) is 25.8 Å². The van der Waals surface area contributed by atoms with Gasteiger partial charge in [-0.1, -0.05) is 17.7 Å². The molecule has 0 saturated heterocycles. The number of rotatable bonds is 6. The fraction of sp³-hybridized carbons (Fsp3) is 0.111. The van der Waals surface area contributed by atoms with Crippen molar-refractivity contribution in [1.29, 1.82) is 0 Å². The lowest BCUT2D eigenvalue weighted by Gasteiger charge is -2.11. The van der Waals surface area contributed by atoms with Crippen molar-refractivity contribution in [3.63, 3.8) is 0 Å². The number of ether oxygens (including phenoxy) is 1. The second-order valence-corrected chi connectivity index (χ2v) is 6.28. The number of aromatic nitrogens is 3. The highest BCUT2D eigenvalue weighted by atomic mass is 35.5. The van der Waals surface area contributed by atoms with Gasteiger partial charge >= 0.3 is 11.6 Å². The second kappa shape index (κ2) is 8.48. The van der Waals surface area contributed by atoms with E-state index in [0.29, 0.717) is 10.8 Å². The summed E-state index contributed by atoms with van der Waals surface area (Å²) >= 11 is 6.14. The van der Waals surface area contributed by atoms with E-state index < -0.39 is 16.5 Å². The summed E-state index contributed by atoms with van der Waals surface area (Å²) in [6.07, 6.45) is 2.53. The molecular formula is C18H15ClN6O4. The van der Waals surface area contributed by atoms with Crippen LogP contribution >= 0.6 is 11.6 Å². The van der Waals surface area contributed by atoms with Gasteiger partial charge in [-0.15, -0.1) is 0 Å². The molecule has 0 aliphatic heterocycles. The van der Waals surface area contributed by atoms with Crippen LogP contribution in [0.1, 0.15) is 21.6 Å². The van der Waals surface area contributed by atoms with Crippen LogP contribution in [0.15, 0.2) is 42.9 Å². The van der Waals surface area contributed by atoms with E-state index in [-0.39, 0.29) is 17.4 Å². The maximum Gasteiger partial charge on any atom is 0.374 e. The predicted octanol–water partition coefficient (Wildman–Crippen LogP) is 3.60. The maximum atomic E-state index is 12.1. The Morgan fingerprint density at radius 3 is 2.52 bits per heavy atom. The van der Waals surface area contributed by atoms with Crippen molar-refractivity contribution in [2.24, 2.45) is 0 Å². The summed E-state index contributed by atoms with van der Waals surface area (Å²) in [6, 6.07) is 8.06. The van der Waals surface area contributed by atoms with Gasteiger partial charge in [-0.2, -0.15) is 4.98 Å². The van der Waals surface area contributed by atoms with Crippen molar-refractivity contribution in [1.82, 2.24) is 20.4 Å². The van der Waals surface area contributed by atoms with E-state index in [1.165, 1.54) is 12.3 Å². The van der Waals surface area contributed by atoms with Crippen molar-refractivity contribution in [2.45, 2.75) is 13.8 Å². The first-order valence-electron chi connectivity index (χ1n) is 8.28. The molecule has 3 aromatic rings. The third kappa shape index (κ3) is 4.55. The first kappa shape index (κ1) is 20.0. The van der Waals surface area contributed by atoms with Crippen molar-refractivity contribution in [3.8, 4) is 11.6 Å². The molecule has 29 heavy (non-hydrogen) atoms. The Morgan fingerprint density at radius 2 is 1.90 bits per heavy atom. The molecule has 0 aliphatic carbocycles. The van der Waals surface area contributed by atoms with E-state index >= 15 is 0 Å². The molecule has 0 radical (unpaired) electrons. The molecule has 2 aromatic heterocycles. The molecular weight excluding hydrogens is 400 g/mol. The lowest BCUT2D eigenvalue weighted by molar-refractivity contribution is -0.385. The number of carbonyl (C=O) groups is 1. The van der Waals surface area contributed by atoms with Crippen LogP contribution in [0.3, 0.4) is 0 Å². The summed E-state index contributed by atoms with van der Waals surface area (Å²) in [5.74, 6) is -0.799. The molecule has 0 spiro atoms. The number of hydrazine groups is 1. The summed E-state index contributed by atoms with van der Waals surface area (Å²) in [5, 5.41) is 12.2. The average molecular weight is 415 g/mol. The minimum Gasteiger partial charge on any atom is -0.434 e. The van der Waals surface area contributed by atoms with Crippen molar-refractivity contribution >= 4 is 29.0 Å². The average Bonchev–Trinajstić information content (AvgIpc) is 2.70. The number of aryl methyl sites for hydroxylation is 2. The Balaban J connectivity index is 1.86. The number of carbonyl (C=O) groups excluding carboxylic acids is 1. The zero-order chi connectivity index (χ0) is 21.0. The first-order chi connectivity index (χ1) is 13.9. The van der Waals surface area contributed by atoms with Crippen LogP contribution in [0, 0.1) is 24.0 Å². The van der Waals surface area contributed by atoms with Gasteiger partial charge in [-0.25, -0.2) is 4.98 Å². The zero-order valence-electron chi connectivity index (χ0n) is 15.3. The maximum absolute atomic E-state index is 12.1. The summed E-state index contributed by atoms with van der Waals surface area (Å²) in [6.45, 7) is 3.58. The molecule has 1 aromatic carbocycles. The summed E-state index contributed by atoms with van der Waals surface area (Å²) in [4.78, 5) is 34.5. The molecule has 1 amide bonds. The molecule has 3 rings (SSSR count). The Kier molecular flexibility index (Phi) is 5.84. The Bertz CT molecular complexity index is 1050. The number of nitrogens with one attached hydrogen (secondary N) is 2. The number of halogens is 1. The van der Waals surface area contributed by atoms with Gasteiger partial charge in [-0.3, -0.25) is 30.7 Å². The fourth-order valence-corrected chi connectivity index (χ4v) is 2.56. The molecule has 0 atom stereocenters. The number of benzene rings is 1. The molecule has 148 valence electrons. The van der Waals surface area contributed by atoms with E-state index in [1.54, 1.807) is 38.1 Å². The van der Waals surface area contributed by atoms with Crippen LogP contribution in [0.5, 0.6) is 11.6 Å². The molecule has 2 heterocycles. The van der Waals surface area contributed by atoms with Crippen molar-refractivity contribution < 1.29 is 14.5 Å². The standard InChI is InChI=1S/C18H15ClN6O4/c1-10-7-12(8-11(2)14(10)19)29-18-15(25(27)28)16(21-9-22-18)23-24-17(26)13-5-3-4-6-20-13/h3-9H,1-2H3,(H,24,26)(H,21,22,23). The van der Waals surface area contributed by atoms with Gasteiger partial charge < -0.3 is 4.74 Å². The van der Waals surface area contributed by atoms with Crippen LogP contribution < -0.4 is 15.6 Å². The van der Waals surface area contributed by atoms with Crippen LogP contribution in [-0.2, 0) is 0 Å². The van der Waals surface area contributed by atoms with Gasteiger partial charge in [-0.05, 0) is 49.2 Å². The number of amides is 1. The Hall–Kier alpha value is -3.79. The smallest absolute Gasteiger partial charge is 0.374 e. The SMILES string of the molecule is Cc1cc(Oc2ncnc(NNC(=O)c3ccccn3)c2[N+](=O)[O-])cc(C)c1Cl. The third-order valence-corrected chi connectivity index (χ3v) is 4.38. The normalized spacial score (nSPS) is 10.3. The second-order valence-electron chi connectivity index (χ2n) is 5.90. The highest BCUT2D eigenvalue weighted by molar-refractivity contribution is 6.32. The van der Waals surface area contributed by atoms with Gasteiger partial charge in [0.25, 0.3) is 5.91 Å². The highest BCUT2D eigenvalue weighted by Crippen LogP contribution is 2.35. The van der Waals surface area contributed by atoms with Crippen LogP contribution in [0.2, 0.25) is 5.02 Å². The van der Waals surface area contributed by atoms with Gasteiger partial charge in [0.1, 0.15) is 17.8 Å². The van der Waals surface area contributed by atoms with Crippen LogP contribution in [0.4, 0.5) is 11.5 Å². The van der Waals surface area contributed by atoms with E-state index in [1.807, 2.05) is 0 Å². The highest BCUT2D eigenvalue weighted by Gasteiger charge is 2.26. The number of pyridine rings is 1. The van der Waals surface area contributed by atoms with Crippen molar-refractivity contribution in [2.75, 3.05) is 5.43 Å². The lowest BCUT2D eigenvalue weighted by Crippen LogP contribution is -2.30.